The Morgan fingerprint density at radius 1 is 0.808 bits per heavy atom. The van der Waals surface area contributed by atoms with Gasteiger partial charge in [0.1, 0.15) is 5.75 Å². The fraction of sp³-hybridized carbons (Fsp3) is 0.659. The zero-order valence-electron chi connectivity index (χ0n) is 31.3. The molecule has 0 spiro atoms. The third kappa shape index (κ3) is 14.3. The molecule has 9 nitrogen and oxygen atoms in total. The number of amides is 1. The number of carbonyl (C=O) groups is 2. The van der Waals surface area contributed by atoms with Gasteiger partial charge in [0.15, 0.2) is 6.79 Å². The van der Waals surface area contributed by atoms with E-state index in [1.165, 1.54) is 69.1 Å². The van der Waals surface area contributed by atoms with Crippen LogP contribution < -0.4 is 14.5 Å². The minimum Gasteiger partial charge on any atom is -0.494 e. The molecule has 1 unspecified atom stereocenters. The molecule has 11 heteroatoms. The number of hydrogen-bond acceptors (Lipinski definition) is 8. The van der Waals surface area contributed by atoms with Crippen molar-refractivity contribution in [1.29, 1.82) is 0 Å². The lowest BCUT2D eigenvalue weighted by molar-refractivity contribution is -0.185. The van der Waals surface area contributed by atoms with Gasteiger partial charge < -0.3 is 19.5 Å². The summed E-state index contributed by atoms with van der Waals surface area (Å²) in [5.74, 6) is 0.0103. The van der Waals surface area contributed by atoms with Crippen molar-refractivity contribution in [2.24, 2.45) is 0 Å². The van der Waals surface area contributed by atoms with Crippen molar-refractivity contribution in [3.8, 4) is 5.75 Å². The summed E-state index contributed by atoms with van der Waals surface area (Å²) >= 11 is 12.6. The first-order valence-electron chi connectivity index (χ1n) is 19.8. The van der Waals surface area contributed by atoms with E-state index in [0.29, 0.717) is 40.9 Å². The van der Waals surface area contributed by atoms with Crippen LogP contribution in [0.2, 0.25) is 10.0 Å². The summed E-state index contributed by atoms with van der Waals surface area (Å²) in [5.41, 5.74) is 2.47. The Bertz CT molecular complexity index is 1360. The second kappa shape index (κ2) is 24.0. The maximum Gasteiger partial charge on any atom is 0.307 e. The second-order valence-electron chi connectivity index (χ2n) is 14.1. The van der Waals surface area contributed by atoms with Crippen LogP contribution in [0.15, 0.2) is 36.4 Å². The van der Waals surface area contributed by atoms with Gasteiger partial charge in [-0.05, 0) is 56.0 Å². The molecule has 1 N–H and O–H groups in total. The number of aryl methyl sites for hydroxylation is 1. The number of aliphatic hydroxyl groups is 1. The first-order valence-corrected chi connectivity index (χ1v) is 20.6. The van der Waals surface area contributed by atoms with Crippen LogP contribution in [0.5, 0.6) is 5.75 Å². The van der Waals surface area contributed by atoms with Crippen molar-refractivity contribution in [2.45, 2.75) is 129 Å². The molecule has 1 fully saturated rings. The fourth-order valence-corrected chi connectivity index (χ4v) is 7.39. The molecule has 2 heterocycles. The number of piperazine rings is 1. The molecule has 0 aliphatic carbocycles. The van der Waals surface area contributed by atoms with Crippen LogP contribution in [0.25, 0.3) is 0 Å². The van der Waals surface area contributed by atoms with Gasteiger partial charge in [0.25, 0.3) is 0 Å². The summed E-state index contributed by atoms with van der Waals surface area (Å²) in [4.78, 5) is 31.1. The second-order valence-corrected chi connectivity index (χ2v) is 14.9. The Labute approximate surface area is 321 Å². The van der Waals surface area contributed by atoms with Crippen LogP contribution in [-0.4, -0.2) is 74.4 Å². The molecule has 1 saturated heterocycles. The van der Waals surface area contributed by atoms with Crippen LogP contribution in [0.1, 0.15) is 122 Å². The van der Waals surface area contributed by atoms with E-state index in [2.05, 4.69) is 16.7 Å². The zero-order chi connectivity index (χ0) is 37.0. The summed E-state index contributed by atoms with van der Waals surface area (Å²) in [5, 5.41) is 12.0. The Kier molecular flexibility index (Phi) is 19.4. The molecule has 1 atom stereocenters. The summed E-state index contributed by atoms with van der Waals surface area (Å²) in [6.45, 7) is 7.08. The van der Waals surface area contributed by atoms with Gasteiger partial charge in [-0.15, -0.1) is 0 Å². The molecule has 2 aliphatic rings. The van der Waals surface area contributed by atoms with E-state index < -0.39 is 13.2 Å². The summed E-state index contributed by atoms with van der Waals surface area (Å²) in [6, 6.07) is 11.4. The van der Waals surface area contributed by atoms with Crippen LogP contribution >= 0.6 is 23.2 Å². The molecule has 2 aliphatic heterocycles. The monoisotopic (exact) mass is 761 g/mol. The van der Waals surface area contributed by atoms with Gasteiger partial charge >= 0.3 is 5.97 Å². The summed E-state index contributed by atoms with van der Waals surface area (Å²) < 4.78 is 16.7. The molecule has 52 heavy (non-hydrogen) atoms. The van der Waals surface area contributed by atoms with Gasteiger partial charge in [-0.1, -0.05) is 119 Å². The van der Waals surface area contributed by atoms with Gasteiger partial charge in [-0.3, -0.25) is 24.1 Å². The average Bonchev–Trinajstić information content (AvgIpc) is 3.14. The number of carbonyl (C=O) groups excluding carboxylic acids is 2. The molecule has 2 aromatic rings. The number of halogens is 2. The van der Waals surface area contributed by atoms with Crippen molar-refractivity contribution < 1.29 is 28.9 Å². The minimum absolute atomic E-state index is 0.256. The number of aliphatic hydroxyl groups excluding tert-OH is 1. The van der Waals surface area contributed by atoms with E-state index in [1.807, 2.05) is 30.3 Å². The number of ether oxygens (including phenoxy) is 3. The molecule has 1 amide bonds. The molecule has 0 radical (unpaired) electrons. The summed E-state index contributed by atoms with van der Waals surface area (Å²) in [6.07, 6.45) is 17.6. The van der Waals surface area contributed by atoms with Crippen molar-refractivity contribution in [3.05, 3.63) is 52.0 Å². The first-order chi connectivity index (χ1) is 25.4. The van der Waals surface area contributed by atoms with Crippen molar-refractivity contribution in [3.63, 3.8) is 0 Å². The third-order valence-corrected chi connectivity index (χ3v) is 10.9. The molecule has 0 bridgehead atoms. The maximum atomic E-state index is 12.9. The highest BCUT2D eigenvalue weighted by Crippen LogP contribution is 2.34. The Morgan fingerprint density at radius 3 is 2.17 bits per heavy atom. The topological polar surface area (TPSA) is 91.8 Å². The van der Waals surface area contributed by atoms with E-state index in [-0.39, 0.29) is 18.3 Å². The Morgan fingerprint density at radius 2 is 1.48 bits per heavy atom. The summed E-state index contributed by atoms with van der Waals surface area (Å²) in [7, 11) is 0. The molecule has 290 valence electrons. The van der Waals surface area contributed by atoms with Crippen LogP contribution in [0, 0.1) is 0 Å². The Hall–Kier alpha value is -2.56. The van der Waals surface area contributed by atoms with Crippen LogP contribution in [-0.2, 0) is 25.5 Å². The smallest absolute Gasteiger partial charge is 0.307 e. The van der Waals surface area contributed by atoms with Gasteiger partial charge in [-0.25, -0.2) is 0 Å². The van der Waals surface area contributed by atoms with E-state index >= 15 is 0 Å². The number of unbranched alkanes of at least 4 members (excludes halogenated alkanes) is 13. The van der Waals surface area contributed by atoms with Crippen LogP contribution in [0.3, 0.4) is 0 Å². The highest BCUT2D eigenvalue weighted by molar-refractivity contribution is 6.43. The highest BCUT2D eigenvalue weighted by atomic mass is 35.5. The zero-order valence-corrected chi connectivity index (χ0v) is 32.8. The normalized spacial score (nSPS) is 15.5. The lowest BCUT2D eigenvalue weighted by atomic mass is 10.0. The average molecular weight is 763 g/mol. The van der Waals surface area contributed by atoms with Crippen molar-refractivity contribution >= 4 is 46.5 Å². The number of esters is 1. The number of anilines is 2. The van der Waals surface area contributed by atoms with Crippen molar-refractivity contribution in [2.75, 3.05) is 55.9 Å². The van der Waals surface area contributed by atoms with E-state index in [0.717, 1.165) is 76.1 Å². The molecular weight excluding hydrogens is 701 g/mol. The number of fused-ring (bicyclic) bond motifs is 1. The number of rotatable bonds is 25. The largest absolute Gasteiger partial charge is 0.494 e. The van der Waals surface area contributed by atoms with E-state index in [4.69, 9.17) is 37.4 Å². The molecule has 0 aromatic heterocycles. The third-order valence-electron chi connectivity index (χ3n) is 10.1. The number of benzene rings is 2. The maximum absolute atomic E-state index is 12.9. The Balaban J connectivity index is 1.07. The fourth-order valence-electron chi connectivity index (χ4n) is 6.98. The number of hydrogen-bond donors (Lipinski definition) is 1. The van der Waals surface area contributed by atoms with Crippen LogP contribution in [0.4, 0.5) is 11.4 Å². The van der Waals surface area contributed by atoms with Gasteiger partial charge in [0.2, 0.25) is 12.3 Å². The molecule has 2 aromatic carbocycles. The first kappa shape index (κ1) is 42.2. The minimum atomic E-state index is -1.57. The SMILES string of the molecule is CCCCCCCCCCCCCCCC(=O)OCOC(O)N1C(=O)CCc2ccc(OCCCCN3CCN(c4cccc(Cl)c4Cl)CC3)cc21. The highest BCUT2D eigenvalue weighted by Gasteiger charge is 2.31. The molecular formula is C41H61Cl2N3O6. The predicted molar refractivity (Wildman–Crippen MR) is 210 cm³/mol. The van der Waals surface area contributed by atoms with E-state index in [9.17, 15) is 14.7 Å². The van der Waals surface area contributed by atoms with Gasteiger partial charge in [0.05, 0.1) is 28.0 Å². The van der Waals surface area contributed by atoms with Gasteiger partial charge in [-0.2, -0.15) is 0 Å². The number of nitrogens with zero attached hydrogens (tertiary/aromatic N) is 3. The lowest BCUT2D eigenvalue weighted by Gasteiger charge is -2.36. The quantitative estimate of drug-likeness (QED) is 0.0608. The lowest BCUT2D eigenvalue weighted by Crippen LogP contribution is -2.46. The molecule has 4 rings (SSSR count). The van der Waals surface area contributed by atoms with Gasteiger partial charge in [0, 0.05) is 45.1 Å². The van der Waals surface area contributed by atoms with E-state index in [1.54, 1.807) is 6.07 Å². The van der Waals surface area contributed by atoms with Crippen molar-refractivity contribution in [1.82, 2.24) is 4.90 Å². The molecule has 0 saturated carbocycles. The standard InChI is InChI=1S/C41H61Cl2N3O6/c1-2-3-4-5-6-7-8-9-10-11-12-13-14-20-39(48)51-32-52-41(49)46-37-31-34(23-21-33(37)22-24-38(46)47)50-30-16-15-25-44-26-28-45(29-27-44)36-19-17-18-35(42)40(36)43/h17-19,21,23,31,41,49H,2-16,20,22,24-30,32H2,1H3. The predicted octanol–water partition coefficient (Wildman–Crippen LogP) is 9.53.